The summed E-state index contributed by atoms with van der Waals surface area (Å²) in [5.74, 6) is 0.442. The van der Waals surface area contributed by atoms with E-state index in [2.05, 4.69) is 9.97 Å². The van der Waals surface area contributed by atoms with E-state index < -0.39 is 17.4 Å². The van der Waals surface area contributed by atoms with Crippen LogP contribution in [0.3, 0.4) is 0 Å². The van der Waals surface area contributed by atoms with Crippen LogP contribution in [0.2, 0.25) is 0 Å². The van der Waals surface area contributed by atoms with Gasteiger partial charge in [-0.2, -0.15) is 13.2 Å². The molecule has 1 aromatic carbocycles. The third-order valence-corrected chi connectivity index (χ3v) is 3.80. The number of hydrogen-bond donors (Lipinski definition) is 1. The number of H-pyrrole nitrogens is 1. The van der Waals surface area contributed by atoms with E-state index in [0.717, 1.165) is 28.5 Å². The Hall–Kier alpha value is -1.76. The van der Waals surface area contributed by atoms with Crippen LogP contribution in [0.1, 0.15) is 22.4 Å². The highest BCUT2D eigenvalue weighted by Gasteiger charge is 2.33. The van der Waals surface area contributed by atoms with E-state index in [9.17, 15) is 18.0 Å². The molecule has 1 aromatic heterocycles. The van der Waals surface area contributed by atoms with Gasteiger partial charge in [-0.05, 0) is 25.0 Å². The highest BCUT2D eigenvalue weighted by molar-refractivity contribution is 7.98. The van der Waals surface area contributed by atoms with Crippen molar-refractivity contribution in [2.45, 2.75) is 30.9 Å². The number of nitrogens with one attached hydrogen (secondary N) is 1. The molecular formula is C14H13F3N2OS. The molecule has 112 valence electrons. The monoisotopic (exact) mass is 314 g/mol. The molecule has 3 nitrogen and oxygen atoms in total. The topological polar surface area (TPSA) is 45.8 Å². The summed E-state index contributed by atoms with van der Waals surface area (Å²) in [6.45, 7) is 3.87. The lowest BCUT2D eigenvalue weighted by Gasteiger charge is -2.08. The summed E-state index contributed by atoms with van der Waals surface area (Å²) in [7, 11) is 0. The van der Waals surface area contributed by atoms with Crippen molar-refractivity contribution in [3.8, 4) is 0 Å². The quantitative estimate of drug-likeness (QED) is 0.694. The Morgan fingerprint density at radius 3 is 2.62 bits per heavy atom. The Kier molecular flexibility index (Phi) is 4.41. The predicted molar refractivity (Wildman–Crippen MR) is 75.3 cm³/mol. The summed E-state index contributed by atoms with van der Waals surface area (Å²) in [4.78, 5) is 17.1. The van der Waals surface area contributed by atoms with Gasteiger partial charge in [0.25, 0.3) is 5.56 Å². The summed E-state index contributed by atoms with van der Waals surface area (Å²) in [5, 5.41) is -0.0317. The molecule has 0 aliphatic rings. The Bertz CT molecular complexity index is 710. The Morgan fingerprint density at radius 1 is 1.24 bits per heavy atom. The number of hydrogen-bond acceptors (Lipinski definition) is 3. The third kappa shape index (κ3) is 4.10. The van der Waals surface area contributed by atoms with Gasteiger partial charge in [0.05, 0.1) is 0 Å². The van der Waals surface area contributed by atoms with Crippen molar-refractivity contribution in [3.05, 3.63) is 57.0 Å². The first-order valence-electron chi connectivity index (χ1n) is 6.13. The van der Waals surface area contributed by atoms with E-state index in [4.69, 9.17) is 0 Å². The second-order valence-electron chi connectivity index (χ2n) is 4.65. The van der Waals surface area contributed by atoms with Crippen molar-refractivity contribution >= 4 is 11.8 Å². The molecule has 0 saturated heterocycles. The first-order chi connectivity index (χ1) is 9.75. The van der Waals surface area contributed by atoms with Crippen molar-refractivity contribution in [2.75, 3.05) is 0 Å². The molecule has 0 unspecified atom stereocenters. The lowest BCUT2D eigenvalue weighted by molar-refractivity contribution is -0.141. The zero-order valence-electron chi connectivity index (χ0n) is 11.4. The van der Waals surface area contributed by atoms with Gasteiger partial charge in [-0.25, -0.2) is 4.98 Å². The highest BCUT2D eigenvalue weighted by Crippen LogP contribution is 2.28. The van der Waals surface area contributed by atoms with Gasteiger partial charge in [-0.3, -0.25) is 4.79 Å². The SMILES string of the molecule is Cc1ccc(C)c(CSc2nc(C(F)(F)F)cc(=O)[nH]2)c1. The van der Waals surface area contributed by atoms with Gasteiger partial charge in [0.1, 0.15) is 0 Å². The molecule has 0 aliphatic heterocycles. The highest BCUT2D eigenvalue weighted by atomic mass is 32.2. The fraction of sp³-hybridized carbons (Fsp3) is 0.286. The molecule has 0 aliphatic carbocycles. The number of thioether (sulfide) groups is 1. The van der Waals surface area contributed by atoms with Crippen LogP contribution in [0.25, 0.3) is 0 Å². The lowest BCUT2D eigenvalue weighted by Crippen LogP contribution is -2.16. The molecular weight excluding hydrogens is 301 g/mol. The number of aromatic nitrogens is 2. The Morgan fingerprint density at radius 2 is 1.95 bits per heavy atom. The van der Waals surface area contributed by atoms with Gasteiger partial charge in [0.15, 0.2) is 10.9 Å². The summed E-state index contributed by atoms with van der Waals surface area (Å²) >= 11 is 1.07. The Balaban J connectivity index is 2.22. The van der Waals surface area contributed by atoms with E-state index in [1.165, 1.54) is 0 Å². The number of rotatable bonds is 3. The molecule has 2 aromatic rings. The van der Waals surface area contributed by atoms with Crippen LogP contribution in [-0.2, 0) is 11.9 Å². The maximum absolute atomic E-state index is 12.6. The Labute approximate surface area is 123 Å². The van der Waals surface area contributed by atoms with Crippen LogP contribution in [0, 0.1) is 13.8 Å². The summed E-state index contributed by atoms with van der Waals surface area (Å²) in [6.07, 6.45) is -4.62. The largest absolute Gasteiger partial charge is 0.433 e. The van der Waals surface area contributed by atoms with Crippen molar-refractivity contribution in [1.82, 2.24) is 9.97 Å². The van der Waals surface area contributed by atoms with Crippen LogP contribution >= 0.6 is 11.8 Å². The zero-order valence-corrected chi connectivity index (χ0v) is 12.2. The molecule has 1 N–H and O–H groups in total. The number of alkyl halides is 3. The van der Waals surface area contributed by atoms with Crippen molar-refractivity contribution < 1.29 is 13.2 Å². The summed E-state index contributed by atoms with van der Waals surface area (Å²) in [6, 6.07) is 6.34. The molecule has 0 radical (unpaired) electrons. The number of halogens is 3. The van der Waals surface area contributed by atoms with Gasteiger partial charge in [0, 0.05) is 11.8 Å². The zero-order chi connectivity index (χ0) is 15.6. The molecule has 2 rings (SSSR count). The molecule has 0 atom stereocenters. The van der Waals surface area contributed by atoms with Crippen LogP contribution < -0.4 is 5.56 Å². The molecule has 21 heavy (non-hydrogen) atoms. The average Bonchev–Trinajstić information content (AvgIpc) is 2.38. The lowest BCUT2D eigenvalue weighted by atomic mass is 10.1. The molecule has 0 saturated carbocycles. The van der Waals surface area contributed by atoms with Crippen LogP contribution in [-0.4, -0.2) is 9.97 Å². The van der Waals surface area contributed by atoms with Crippen LogP contribution in [0.4, 0.5) is 13.2 Å². The van der Waals surface area contributed by atoms with Gasteiger partial charge in [0.2, 0.25) is 0 Å². The van der Waals surface area contributed by atoms with Gasteiger partial charge >= 0.3 is 6.18 Å². The summed E-state index contributed by atoms with van der Waals surface area (Å²) < 4.78 is 37.8. The second-order valence-corrected chi connectivity index (χ2v) is 5.62. The minimum absolute atomic E-state index is 0.0317. The molecule has 0 fully saturated rings. The van der Waals surface area contributed by atoms with E-state index >= 15 is 0 Å². The fourth-order valence-electron chi connectivity index (χ4n) is 1.75. The normalized spacial score (nSPS) is 11.7. The smallest absolute Gasteiger partial charge is 0.301 e. The van der Waals surface area contributed by atoms with Crippen molar-refractivity contribution in [1.29, 1.82) is 0 Å². The van der Waals surface area contributed by atoms with Crippen LogP contribution in [0.15, 0.2) is 34.2 Å². The molecule has 7 heteroatoms. The second kappa shape index (κ2) is 5.93. The molecule has 0 amide bonds. The van der Waals surface area contributed by atoms with Gasteiger partial charge in [-0.15, -0.1) is 0 Å². The number of aromatic amines is 1. The van der Waals surface area contributed by atoms with E-state index in [0.29, 0.717) is 11.8 Å². The maximum atomic E-state index is 12.6. The van der Waals surface area contributed by atoms with Crippen molar-refractivity contribution in [2.24, 2.45) is 0 Å². The minimum Gasteiger partial charge on any atom is -0.301 e. The van der Waals surface area contributed by atoms with Crippen molar-refractivity contribution in [3.63, 3.8) is 0 Å². The number of aryl methyl sites for hydroxylation is 2. The first kappa shape index (κ1) is 15.6. The van der Waals surface area contributed by atoms with E-state index in [1.54, 1.807) is 0 Å². The average molecular weight is 314 g/mol. The van der Waals surface area contributed by atoms with Gasteiger partial charge in [-0.1, -0.05) is 35.5 Å². The maximum Gasteiger partial charge on any atom is 0.433 e. The first-order valence-corrected chi connectivity index (χ1v) is 7.12. The number of nitrogens with zero attached hydrogens (tertiary/aromatic N) is 1. The molecule has 1 heterocycles. The van der Waals surface area contributed by atoms with E-state index in [1.807, 2.05) is 32.0 Å². The van der Waals surface area contributed by atoms with E-state index in [-0.39, 0.29) is 5.16 Å². The third-order valence-electron chi connectivity index (χ3n) is 2.88. The molecule has 0 spiro atoms. The standard InChI is InChI=1S/C14H13F3N2OS/c1-8-3-4-9(2)10(5-8)7-21-13-18-11(14(15,16)17)6-12(20)19-13/h3-6H,7H2,1-2H3,(H,18,19,20). The summed E-state index contributed by atoms with van der Waals surface area (Å²) in [5.41, 5.74) is 1.14. The minimum atomic E-state index is -4.62. The number of benzene rings is 1. The van der Waals surface area contributed by atoms with Crippen LogP contribution in [0.5, 0.6) is 0 Å². The molecule has 0 bridgehead atoms. The van der Waals surface area contributed by atoms with Gasteiger partial charge < -0.3 is 4.98 Å². The fourth-order valence-corrected chi connectivity index (χ4v) is 2.69. The predicted octanol–water partition coefficient (Wildman–Crippen LogP) is 3.70.